The van der Waals surface area contributed by atoms with Gasteiger partial charge in [-0.2, -0.15) is 0 Å². The number of anilines is 2. The Labute approximate surface area is 248 Å². The van der Waals surface area contributed by atoms with Gasteiger partial charge in [-0.15, -0.1) is 0 Å². The monoisotopic (exact) mass is 570 g/mol. The average molecular weight is 571 g/mol. The van der Waals surface area contributed by atoms with E-state index in [-0.39, 0.29) is 11.9 Å². The highest BCUT2D eigenvalue weighted by atomic mass is 16.5. The predicted octanol–water partition coefficient (Wildman–Crippen LogP) is 6.05. The number of benzene rings is 3. The topological polar surface area (TPSA) is 79.1 Å². The summed E-state index contributed by atoms with van der Waals surface area (Å²) in [6, 6.07) is 22.6. The lowest BCUT2D eigenvalue weighted by Gasteiger charge is -2.23. The number of para-hydroxylation sites is 2. The minimum absolute atomic E-state index is 0.0267. The van der Waals surface area contributed by atoms with Crippen LogP contribution in [-0.2, 0) is 9.47 Å². The van der Waals surface area contributed by atoms with E-state index in [0.29, 0.717) is 37.7 Å². The number of methoxy groups -OCH3 is 2. The first-order valence-electron chi connectivity index (χ1n) is 14.8. The Balaban J connectivity index is 1.39. The molecule has 2 N–H and O–H groups in total. The number of H-pyrrole nitrogens is 1. The summed E-state index contributed by atoms with van der Waals surface area (Å²) < 4.78 is 17.0. The second-order valence-electron chi connectivity index (χ2n) is 10.8. The summed E-state index contributed by atoms with van der Waals surface area (Å²) in [6.07, 6.45) is 3.65. The van der Waals surface area contributed by atoms with Gasteiger partial charge in [0.25, 0.3) is 5.91 Å². The lowest BCUT2D eigenvalue weighted by molar-refractivity contribution is 0.0986. The van der Waals surface area contributed by atoms with Gasteiger partial charge in [0.05, 0.1) is 31.2 Å². The van der Waals surface area contributed by atoms with E-state index >= 15 is 0 Å². The molecular weight excluding hydrogens is 528 g/mol. The zero-order chi connectivity index (χ0) is 29.3. The van der Waals surface area contributed by atoms with Crippen LogP contribution >= 0.6 is 0 Å². The SMILES string of the molecule is COCCN(CCCOc1cc(C(=O)N2CC[C@H](C)Nc3ccccc32)ccc1-c1ccc2[nH]ccc2c1)CCOC. The van der Waals surface area contributed by atoms with Gasteiger partial charge < -0.3 is 29.4 Å². The number of nitrogens with one attached hydrogen (secondary N) is 2. The molecule has 0 radical (unpaired) electrons. The van der Waals surface area contributed by atoms with Crippen molar-refractivity contribution in [3.8, 4) is 16.9 Å². The molecule has 42 heavy (non-hydrogen) atoms. The number of aromatic nitrogens is 1. The van der Waals surface area contributed by atoms with Crippen molar-refractivity contribution in [2.45, 2.75) is 25.8 Å². The van der Waals surface area contributed by atoms with Crippen LogP contribution in [0, 0.1) is 0 Å². The first kappa shape index (κ1) is 29.6. The van der Waals surface area contributed by atoms with Crippen molar-refractivity contribution >= 4 is 28.2 Å². The maximum absolute atomic E-state index is 14.0. The predicted molar refractivity (Wildman–Crippen MR) is 170 cm³/mol. The lowest BCUT2D eigenvalue weighted by atomic mass is 10.0. The zero-order valence-electron chi connectivity index (χ0n) is 24.9. The van der Waals surface area contributed by atoms with E-state index in [9.17, 15) is 4.79 Å². The van der Waals surface area contributed by atoms with Gasteiger partial charge in [-0.1, -0.05) is 18.2 Å². The molecule has 0 fully saturated rings. The number of rotatable bonds is 13. The van der Waals surface area contributed by atoms with Crippen LogP contribution in [0.15, 0.2) is 72.9 Å². The Hall–Kier alpha value is -3.85. The number of fused-ring (bicyclic) bond motifs is 2. The fourth-order valence-electron chi connectivity index (χ4n) is 5.46. The molecule has 5 rings (SSSR count). The molecule has 8 nitrogen and oxygen atoms in total. The van der Waals surface area contributed by atoms with E-state index in [1.54, 1.807) is 14.2 Å². The van der Waals surface area contributed by atoms with E-state index in [4.69, 9.17) is 14.2 Å². The molecule has 0 unspecified atom stereocenters. The standard InChI is InChI=1S/C34H42N4O4/c1-25-14-17-38(32-8-5-4-7-31(32)36-25)34(39)28-9-11-29(26-10-12-30-27(23-26)13-15-35-30)33(24-28)42-20-6-16-37(18-21-40-2)19-22-41-3/h4-5,7-13,15,23-25,35-36H,6,14,16-22H2,1-3H3/t25-/m0/s1. The van der Waals surface area contributed by atoms with Gasteiger partial charge in [-0.25, -0.2) is 0 Å². The maximum atomic E-state index is 14.0. The Morgan fingerprint density at radius 2 is 1.76 bits per heavy atom. The molecule has 1 atom stereocenters. The number of nitrogens with zero attached hydrogens (tertiary/aromatic N) is 2. The molecule has 0 spiro atoms. The van der Waals surface area contributed by atoms with Crippen molar-refractivity contribution in [1.82, 2.24) is 9.88 Å². The summed E-state index contributed by atoms with van der Waals surface area (Å²) in [5, 5.41) is 4.67. The molecule has 1 aliphatic heterocycles. The second kappa shape index (κ2) is 14.4. The highest BCUT2D eigenvalue weighted by Gasteiger charge is 2.25. The number of amides is 1. The Bertz CT molecular complexity index is 1460. The molecule has 2 heterocycles. The molecular formula is C34H42N4O4. The van der Waals surface area contributed by atoms with Crippen molar-refractivity contribution in [2.24, 2.45) is 0 Å². The van der Waals surface area contributed by atoms with Crippen LogP contribution in [0.5, 0.6) is 5.75 Å². The summed E-state index contributed by atoms with van der Waals surface area (Å²) in [4.78, 5) is 21.5. The van der Waals surface area contributed by atoms with Crippen molar-refractivity contribution in [1.29, 1.82) is 0 Å². The number of hydrogen-bond donors (Lipinski definition) is 2. The van der Waals surface area contributed by atoms with Crippen LogP contribution < -0.4 is 15.0 Å². The number of carbonyl (C=O) groups is 1. The number of ether oxygens (including phenoxy) is 3. The van der Waals surface area contributed by atoms with Gasteiger partial charge in [0.1, 0.15) is 5.75 Å². The van der Waals surface area contributed by atoms with Crippen molar-refractivity contribution in [3.63, 3.8) is 0 Å². The van der Waals surface area contributed by atoms with Crippen LogP contribution in [0.3, 0.4) is 0 Å². The maximum Gasteiger partial charge on any atom is 0.258 e. The quantitative estimate of drug-likeness (QED) is 0.191. The average Bonchev–Trinajstić information content (AvgIpc) is 3.41. The third-order valence-corrected chi connectivity index (χ3v) is 7.82. The third-order valence-electron chi connectivity index (χ3n) is 7.82. The summed E-state index contributed by atoms with van der Waals surface area (Å²) >= 11 is 0. The minimum atomic E-state index is -0.0267. The number of carbonyl (C=O) groups excluding carboxylic acids is 1. The molecule has 8 heteroatoms. The van der Waals surface area contributed by atoms with E-state index in [1.807, 2.05) is 53.6 Å². The molecule has 3 aromatic carbocycles. The Morgan fingerprint density at radius 3 is 2.57 bits per heavy atom. The second-order valence-corrected chi connectivity index (χ2v) is 10.8. The van der Waals surface area contributed by atoms with Gasteiger partial charge in [0.2, 0.25) is 0 Å². The van der Waals surface area contributed by atoms with Crippen LogP contribution in [-0.4, -0.2) is 82.1 Å². The van der Waals surface area contributed by atoms with E-state index in [1.165, 1.54) is 0 Å². The van der Waals surface area contributed by atoms with Crippen LogP contribution in [0.2, 0.25) is 0 Å². The highest BCUT2D eigenvalue weighted by Crippen LogP contribution is 2.35. The lowest BCUT2D eigenvalue weighted by Crippen LogP contribution is -2.32. The third kappa shape index (κ3) is 7.13. The molecule has 1 aromatic heterocycles. The molecule has 0 bridgehead atoms. The summed E-state index contributed by atoms with van der Waals surface area (Å²) in [6.45, 7) is 7.23. The fourth-order valence-corrected chi connectivity index (χ4v) is 5.46. The normalized spacial score (nSPS) is 15.0. The van der Waals surface area contributed by atoms with Crippen molar-refractivity contribution < 1.29 is 19.0 Å². The van der Waals surface area contributed by atoms with Crippen LogP contribution in [0.25, 0.3) is 22.0 Å². The summed E-state index contributed by atoms with van der Waals surface area (Å²) in [5.74, 6) is 0.687. The Morgan fingerprint density at radius 1 is 0.952 bits per heavy atom. The van der Waals surface area contributed by atoms with Crippen molar-refractivity contribution in [3.05, 3.63) is 78.5 Å². The summed E-state index contributed by atoms with van der Waals surface area (Å²) in [5.41, 5.74) is 5.61. The van der Waals surface area contributed by atoms with Crippen molar-refractivity contribution in [2.75, 3.05) is 70.4 Å². The largest absolute Gasteiger partial charge is 0.493 e. The first-order chi connectivity index (χ1) is 20.6. The van der Waals surface area contributed by atoms with E-state index in [0.717, 1.165) is 65.9 Å². The first-order valence-corrected chi connectivity index (χ1v) is 14.8. The van der Waals surface area contributed by atoms with Gasteiger partial charge in [0, 0.05) is 69.3 Å². The Kier molecular flexibility index (Phi) is 10.1. The van der Waals surface area contributed by atoms with Gasteiger partial charge in [-0.05, 0) is 79.2 Å². The molecule has 1 aliphatic rings. The zero-order valence-corrected chi connectivity index (χ0v) is 24.9. The number of hydrogen-bond acceptors (Lipinski definition) is 6. The van der Waals surface area contributed by atoms with Crippen LogP contribution in [0.1, 0.15) is 30.1 Å². The highest BCUT2D eigenvalue weighted by molar-refractivity contribution is 6.08. The van der Waals surface area contributed by atoms with Gasteiger partial charge in [-0.3, -0.25) is 9.69 Å². The smallest absolute Gasteiger partial charge is 0.258 e. The number of aromatic amines is 1. The van der Waals surface area contributed by atoms with Crippen LogP contribution in [0.4, 0.5) is 11.4 Å². The molecule has 0 saturated heterocycles. The molecule has 1 amide bonds. The van der Waals surface area contributed by atoms with E-state index in [2.05, 4.69) is 46.4 Å². The molecule has 0 aliphatic carbocycles. The molecule has 4 aromatic rings. The molecule has 0 saturated carbocycles. The van der Waals surface area contributed by atoms with E-state index < -0.39 is 0 Å². The molecule has 222 valence electrons. The van der Waals surface area contributed by atoms with Gasteiger partial charge in [0.15, 0.2) is 0 Å². The minimum Gasteiger partial charge on any atom is -0.493 e. The fraction of sp³-hybridized carbons (Fsp3) is 0.382. The summed E-state index contributed by atoms with van der Waals surface area (Å²) in [7, 11) is 3.44. The van der Waals surface area contributed by atoms with Gasteiger partial charge >= 0.3 is 0 Å².